The summed E-state index contributed by atoms with van der Waals surface area (Å²) in [5.41, 5.74) is 2.85. The molecule has 27 heavy (non-hydrogen) atoms. The molecule has 8 heteroatoms. The first kappa shape index (κ1) is 20.7. The quantitative estimate of drug-likeness (QED) is 0.509. The van der Waals surface area contributed by atoms with E-state index in [2.05, 4.69) is 21.8 Å². The highest BCUT2D eigenvalue weighted by Gasteiger charge is 2.25. The van der Waals surface area contributed by atoms with Crippen LogP contribution >= 0.6 is 0 Å². The number of benzene rings is 1. The van der Waals surface area contributed by atoms with E-state index in [0.29, 0.717) is 6.42 Å². The lowest BCUT2D eigenvalue weighted by Gasteiger charge is -2.22. The second kappa shape index (κ2) is 8.85. The highest BCUT2D eigenvalue weighted by molar-refractivity contribution is 5.84. The molecule has 1 heterocycles. The smallest absolute Gasteiger partial charge is 0.408 e. The Morgan fingerprint density at radius 1 is 1.30 bits per heavy atom. The van der Waals surface area contributed by atoms with Crippen LogP contribution in [0.1, 0.15) is 46.4 Å². The highest BCUT2D eigenvalue weighted by atomic mass is 16.6. The Morgan fingerprint density at radius 3 is 2.63 bits per heavy atom. The van der Waals surface area contributed by atoms with Crippen molar-refractivity contribution in [3.63, 3.8) is 0 Å². The van der Waals surface area contributed by atoms with Crippen molar-refractivity contribution in [1.82, 2.24) is 20.3 Å². The van der Waals surface area contributed by atoms with Crippen LogP contribution in [-0.2, 0) is 22.5 Å². The van der Waals surface area contributed by atoms with Crippen LogP contribution in [0.25, 0.3) is 11.0 Å². The maximum Gasteiger partial charge on any atom is 0.408 e. The third kappa shape index (κ3) is 5.68. The monoisotopic (exact) mass is 376 g/mol. The number of alkyl carbamates (subject to hydrolysis) is 1. The van der Waals surface area contributed by atoms with Crippen LogP contribution in [0.3, 0.4) is 0 Å². The lowest BCUT2D eigenvalue weighted by atomic mass is 10.1. The summed E-state index contributed by atoms with van der Waals surface area (Å²) in [4.78, 5) is 28.6. The van der Waals surface area contributed by atoms with Crippen LogP contribution in [-0.4, -0.2) is 38.4 Å². The summed E-state index contributed by atoms with van der Waals surface area (Å²) in [7, 11) is 0. The van der Waals surface area contributed by atoms with Crippen LogP contribution in [0.4, 0.5) is 4.79 Å². The number of carbonyl (C=O) groups excluding carboxylic acids is 2. The predicted octanol–water partition coefficient (Wildman–Crippen LogP) is 2.78. The van der Waals surface area contributed by atoms with E-state index in [4.69, 9.17) is 9.94 Å². The number of hydrogen-bond donors (Lipinski definition) is 3. The number of aryl methyl sites for hydroxylation is 2. The van der Waals surface area contributed by atoms with Gasteiger partial charge in [-0.1, -0.05) is 19.1 Å². The second-order valence-electron chi connectivity index (χ2n) is 7.38. The van der Waals surface area contributed by atoms with E-state index in [1.807, 2.05) is 24.3 Å². The Bertz CT molecular complexity index is 795. The molecule has 1 aromatic heterocycles. The summed E-state index contributed by atoms with van der Waals surface area (Å²) >= 11 is 0. The van der Waals surface area contributed by atoms with Crippen molar-refractivity contribution in [2.24, 2.45) is 0 Å². The zero-order chi connectivity index (χ0) is 20.0. The molecule has 0 saturated carbocycles. The van der Waals surface area contributed by atoms with Crippen molar-refractivity contribution in [1.29, 1.82) is 0 Å². The minimum Gasteiger partial charge on any atom is -0.444 e. The molecule has 0 aliphatic heterocycles. The number of carbonyl (C=O) groups is 2. The number of ether oxygens (including phenoxy) is 1. The molecule has 1 aromatic carbocycles. The molecule has 0 radical (unpaired) electrons. The fraction of sp³-hybridized carbons (Fsp3) is 0.526. The van der Waals surface area contributed by atoms with E-state index < -0.39 is 23.6 Å². The van der Waals surface area contributed by atoms with Crippen molar-refractivity contribution in [2.75, 3.05) is 0 Å². The fourth-order valence-electron chi connectivity index (χ4n) is 2.86. The van der Waals surface area contributed by atoms with Crippen molar-refractivity contribution in [3.8, 4) is 0 Å². The van der Waals surface area contributed by atoms with Gasteiger partial charge in [-0.3, -0.25) is 10.0 Å². The van der Waals surface area contributed by atoms with Crippen LogP contribution in [0.5, 0.6) is 0 Å². The zero-order valence-corrected chi connectivity index (χ0v) is 16.3. The van der Waals surface area contributed by atoms with Crippen LogP contribution in [0.2, 0.25) is 0 Å². The molecule has 0 unspecified atom stereocenters. The summed E-state index contributed by atoms with van der Waals surface area (Å²) in [6.07, 6.45) is 0.976. The molecule has 1 atom stereocenters. The van der Waals surface area contributed by atoms with Gasteiger partial charge in [-0.2, -0.15) is 0 Å². The van der Waals surface area contributed by atoms with Gasteiger partial charge in [-0.25, -0.2) is 15.3 Å². The van der Waals surface area contributed by atoms with E-state index in [-0.39, 0.29) is 6.42 Å². The Balaban J connectivity index is 2.15. The number of hydrogen-bond acceptors (Lipinski definition) is 5. The van der Waals surface area contributed by atoms with Crippen LogP contribution < -0.4 is 10.8 Å². The van der Waals surface area contributed by atoms with Crippen LogP contribution in [0, 0.1) is 0 Å². The van der Waals surface area contributed by atoms with Gasteiger partial charge >= 0.3 is 6.09 Å². The summed E-state index contributed by atoms with van der Waals surface area (Å²) in [5.74, 6) is 0.138. The van der Waals surface area contributed by atoms with E-state index in [1.165, 1.54) is 0 Å². The minimum absolute atomic E-state index is 0.276. The third-order valence-electron chi connectivity index (χ3n) is 3.96. The van der Waals surface area contributed by atoms with E-state index in [1.54, 1.807) is 26.3 Å². The summed E-state index contributed by atoms with van der Waals surface area (Å²) < 4.78 is 7.31. The van der Waals surface area contributed by atoms with Gasteiger partial charge in [0.15, 0.2) is 0 Å². The normalized spacial score (nSPS) is 12.6. The molecule has 0 aliphatic carbocycles. The van der Waals surface area contributed by atoms with Gasteiger partial charge < -0.3 is 14.6 Å². The molecule has 0 spiro atoms. The number of imidazole rings is 1. The molecule has 2 rings (SSSR count). The standard InChI is InChI=1S/C19H28N4O4/c1-5-12-23-15-9-7-6-8-13(15)20-16(23)11-10-14(17(24)22-26)21-18(25)27-19(2,3)4/h6-9,14,26H,5,10-12H2,1-4H3,(H,21,25)(H,22,24)/t14-/m0/s1. The lowest BCUT2D eigenvalue weighted by Crippen LogP contribution is -2.47. The molecule has 2 amide bonds. The largest absolute Gasteiger partial charge is 0.444 e. The number of aromatic nitrogens is 2. The number of nitrogens with one attached hydrogen (secondary N) is 2. The van der Waals surface area contributed by atoms with Crippen molar-refractivity contribution < 1.29 is 19.5 Å². The molecule has 0 fully saturated rings. The summed E-state index contributed by atoms with van der Waals surface area (Å²) in [6.45, 7) is 8.11. The zero-order valence-electron chi connectivity index (χ0n) is 16.3. The number of amides is 2. The van der Waals surface area contributed by atoms with Crippen molar-refractivity contribution in [2.45, 2.75) is 65.1 Å². The maximum atomic E-state index is 12.0. The first-order valence-corrected chi connectivity index (χ1v) is 9.12. The molecular formula is C19H28N4O4. The number of rotatable bonds is 7. The van der Waals surface area contributed by atoms with E-state index >= 15 is 0 Å². The number of nitrogens with zero attached hydrogens (tertiary/aromatic N) is 2. The molecule has 8 nitrogen and oxygen atoms in total. The Morgan fingerprint density at radius 2 is 2.00 bits per heavy atom. The highest BCUT2D eigenvalue weighted by Crippen LogP contribution is 2.18. The molecule has 0 saturated heterocycles. The Kier molecular flexibility index (Phi) is 6.79. The number of hydroxylamine groups is 1. The topological polar surface area (TPSA) is 105 Å². The fourth-order valence-corrected chi connectivity index (χ4v) is 2.86. The molecular weight excluding hydrogens is 348 g/mol. The van der Waals surface area contributed by atoms with Gasteiger partial charge in [0.25, 0.3) is 5.91 Å². The number of para-hydroxylation sites is 2. The molecule has 0 aliphatic rings. The van der Waals surface area contributed by atoms with E-state index in [9.17, 15) is 9.59 Å². The van der Waals surface area contributed by atoms with Gasteiger partial charge in [0.05, 0.1) is 11.0 Å². The van der Waals surface area contributed by atoms with Gasteiger partial charge in [0.2, 0.25) is 0 Å². The maximum absolute atomic E-state index is 12.0. The first-order valence-electron chi connectivity index (χ1n) is 9.12. The van der Waals surface area contributed by atoms with Gasteiger partial charge in [0, 0.05) is 13.0 Å². The second-order valence-corrected chi connectivity index (χ2v) is 7.38. The van der Waals surface area contributed by atoms with E-state index in [0.717, 1.165) is 29.8 Å². The Labute approximate surface area is 158 Å². The molecule has 2 aromatic rings. The molecule has 3 N–H and O–H groups in total. The number of fused-ring (bicyclic) bond motifs is 1. The lowest BCUT2D eigenvalue weighted by molar-refractivity contribution is -0.131. The summed E-state index contributed by atoms with van der Waals surface area (Å²) in [5, 5.41) is 11.5. The minimum atomic E-state index is -0.931. The molecule has 0 bridgehead atoms. The van der Waals surface area contributed by atoms with Crippen molar-refractivity contribution >= 4 is 23.0 Å². The summed E-state index contributed by atoms with van der Waals surface area (Å²) in [6, 6.07) is 6.92. The van der Waals surface area contributed by atoms with Crippen molar-refractivity contribution in [3.05, 3.63) is 30.1 Å². The SMILES string of the molecule is CCCn1c(CC[C@H](NC(=O)OC(C)(C)C)C(=O)NO)nc2ccccc21. The first-order chi connectivity index (χ1) is 12.7. The van der Waals surface area contributed by atoms with Crippen LogP contribution in [0.15, 0.2) is 24.3 Å². The predicted molar refractivity (Wildman–Crippen MR) is 101 cm³/mol. The molecule has 148 valence electrons. The average molecular weight is 376 g/mol. The third-order valence-corrected chi connectivity index (χ3v) is 3.96. The Hall–Kier alpha value is -2.61. The van der Waals surface area contributed by atoms with Gasteiger partial charge in [0.1, 0.15) is 17.5 Å². The average Bonchev–Trinajstić information content (AvgIpc) is 2.94. The van der Waals surface area contributed by atoms with Gasteiger partial charge in [-0.15, -0.1) is 0 Å². The van der Waals surface area contributed by atoms with Gasteiger partial charge in [-0.05, 0) is 45.7 Å².